The highest BCUT2D eigenvalue weighted by Crippen LogP contribution is 2.15. The van der Waals surface area contributed by atoms with Crippen LogP contribution in [0, 0.1) is 7.05 Å². The van der Waals surface area contributed by atoms with Gasteiger partial charge in [-0.1, -0.05) is 12.1 Å². The van der Waals surface area contributed by atoms with Gasteiger partial charge in [0.25, 0.3) is 0 Å². The molecule has 3 N–H and O–H groups in total. The lowest BCUT2D eigenvalue weighted by Crippen LogP contribution is -2.18. The third-order valence-electron chi connectivity index (χ3n) is 1.78. The Morgan fingerprint density at radius 1 is 1.62 bits per heavy atom. The number of anilines is 1. The smallest absolute Gasteiger partial charge is 0.0917 e. The number of benzene rings is 1. The fraction of sp³-hybridized carbons (Fsp3) is 0.300. The molecule has 1 rings (SSSR count). The molecule has 0 heterocycles. The van der Waals surface area contributed by atoms with Crippen LogP contribution < -0.4 is 5.73 Å². The molecule has 0 spiro atoms. The van der Waals surface area contributed by atoms with Crippen LogP contribution in [0.2, 0.25) is 0 Å². The Morgan fingerprint density at radius 3 is 2.85 bits per heavy atom. The van der Waals surface area contributed by atoms with Crippen molar-refractivity contribution < 1.29 is 5.11 Å². The van der Waals surface area contributed by atoms with Gasteiger partial charge in [-0.05, 0) is 24.7 Å². The molecule has 3 nitrogen and oxygen atoms in total. The molecule has 0 saturated carbocycles. The SMILES string of the molecule is [CH2]N(C)CC(O)c1cccc(N)c1. The van der Waals surface area contributed by atoms with E-state index >= 15 is 0 Å². The molecule has 71 valence electrons. The molecule has 0 fully saturated rings. The lowest BCUT2D eigenvalue weighted by atomic mass is 10.1. The fourth-order valence-electron chi connectivity index (χ4n) is 1.17. The van der Waals surface area contributed by atoms with Gasteiger partial charge in [-0.15, -0.1) is 0 Å². The van der Waals surface area contributed by atoms with Crippen LogP contribution >= 0.6 is 0 Å². The molecule has 1 aromatic rings. The summed E-state index contributed by atoms with van der Waals surface area (Å²) in [7, 11) is 5.48. The zero-order valence-corrected chi connectivity index (χ0v) is 7.77. The molecule has 1 atom stereocenters. The van der Waals surface area contributed by atoms with Crippen LogP contribution in [-0.4, -0.2) is 23.6 Å². The zero-order valence-electron chi connectivity index (χ0n) is 7.77. The molecule has 1 aromatic carbocycles. The van der Waals surface area contributed by atoms with Gasteiger partial charge in [0.1, 0.15) is 0 Å². The number of hydrogen-bond donors (Lipinski definition) is 2. The van der Waals surface area contributed by atoms with Gasteiger partial charge in [-0.3, -0.25) is 0 Å². The van der Waals surface area contributed by atoms with Crippen molar-refractivity contribution in [2.75, 3.05) is 19.3 Å². The molecule has 1 unspecified atom stereocenters. The average Bonchev–Trinajstić information content (AvgIpc) is 2.03. The molecule has 0 bridgehead atoms. The summed E-state index contributed by atoms with van der Waals surface area (Å²) in [6.07, 6.45) is -0.522. The summed E-state index contributed by atoms with van der Waals surface area (Å²) >= 11 is 0. The summed E-state index contributed by atoms with van der Waals surface area (Å²) < 4.78 is 0. The summed E-state index contributed by atoms with van der Waals surface area (Å²) in [5.74, 6) is 0. The summed E-state index contributed by atoms with van der Waals surface area (Å²) in [6, 6.07) is 7.25. The summed E-state index contributed by atoms with van der Waals surface area (Å²) in [5, 5.41) is 9.68. The lowest BCUT2D eigenvalue weighted by molar-refractivity contribution is 0.144. The van der Waals surface area contributed by atoms with Crippen LogP contribution in [-0.2, 0) is 0 Å². The Bertz CT molecular complexity index is 273. The Kier molecular flexibility index (Phi) is 3.28. The minimum Gasteiger partial charge on any atom is -0.399 e. The summed E-state index contributed by atoms with van der Waals surface area (Å²) in [4.78, 5) is 1.69. The standard InChI is InChI=1S/C10H15N2O/c1-12(2)7-10(13)8-4-3-5-9(11)6-8/h3-6,10,13H,1,7,11H2,2H3. The maximum Gasteiger partial charge on any atom is 0.0917 e. The second-order valence-electron chi connectivity index (χ2n) is 3.22. The van der Waals surface area contributed by atoms with Crippen molar-refractivity contribution in [2.45, 2.75) is 6.10 Å². The molecule has 0 aliphatic rings. The molecule has 3 heteroatoms. The number of aliphatic hydroxyl groups is 1. The first kappa shape index (κ1) is 10.0. The predicted molar refractivity (Wildman–Crippen MR) is 53.8 cm³/mol. The lowest BCUT2D eigenvalue weighted by Gasteiger charge is -2.16. The molecule has 0 amide bonds. The Hall–Kier alpha value is -1.06. The van der Waals surface area contributed by atoms with E-state index in [-0.39, 0.29) is 0 Å². The topological polar surface area (TPSA) is 49.5 Å². The van der Waals surface area contributed by atoms with E-state index in [9.17, 15) is 5.11 Å². The largest absolute Gasteiger partial charge is 0.399 e. The quantitative estimate of drug-likeness (QED) is 0.681. The van der Waals surface area contributed by atoms with Gasteiger partial charge >= 0.3 is 0 Å². The van der Waals surface area contributed by atoms with Crippen molar-refractivity contribution in [1.82, 2.24) is 4.90 Å². The van der Waals surface area contributed by atoms with Crippen LogP contribution in [0.25, 0.3) is 0 Å². The van der Waals surface area contributed by atoms with Crippen LogP contribution in [0.4, 0.5) is 5.69 Å². The van der Waals surface area contributed by atoms with E-state index in [1.807, 2.05) is 19.2 Å². The molecule has 0 saturated heterocycles. The summed E-state index contributed by atoms with van der Waals surface area (Å²) in [6.45, 7) is 0.503. The van der Waals surface area contributed by atoms with Gasteiger partial charge in [0.2, 0.25) is 0 Å². The van der Waals surface area contributed by atoms with Crippen molar-refractivity contribution in [3.8, 4) is 0 Å². The number of nitrogens with zero attached hydrogens (tertiary/aromatic N) is 1. The molecule has 0 aromatic heterocycles. The molecule has 0 aliphatic heterocycles. The van der Waals surface area contributed by atoms with E-state index in [1.54, 1.807) is 17.0 Å². The number of rotatable bonds is 3. The molecule has 13 heavy (non-hydrogen) atoms. The third kappa shape index (κ3) is 3.05. The maximum atomic E-state index is 9.68. The van der Waals surface area contributed by atoms with Crippen molar-refractivity contribution in [3.05, 3.63) is 36.9 Å². The minimum absolute atomic E-state index is 0.503. The highest BCUT2D eigenvalue weighted by atomic mass is 16.3. The number of hydrogen-bond acceptors (Lipinski definition) is 3. The number of nitrogen functional groups attached to an aromatic ring is 1. The van der Waals surface area contributed by atoms with E-state index in [0.717, 1.165) is 5.56 Å². The first-order valence-corrected chi connectivity index (χ1v) is 4.14. The highest BCUT2D eigenvalue weighted by molar-refractivity contribution is 5.41. The van der Waals surface area contributed by atoms with E-state index in [1.165, 1.54) is 0 Å². The van der Waals surface area contributed by atoms with Gasteiger partial charge in [-0.25, -0.2) is 0 Å². The van der Waals surface area contributed by atoms with Crippen LogP contribution in [0.15, 0.2) is 24.3 Å². The predicted octanol–water partition coefficient (Wildman–Crippen LogP) is 1.03. The third-order valence-corrected chi connectivity index (χ3v) is 1.78. The van der Waals surface area contributed by atoms with Crippen LogP contribution in [0.3, 0.4) is 0 Å². The van der Waals surface area contributed by atoms with E-state index in [0.29, 0.717) is 12.2 Å². The van der Waals surface area contributed by atoms with Crippen molar-refractivity contribution >= 4 is 5.69 Å². The van der Waals surface area contributed by atoms with E-state index in [4.69, 9.17) is 5.73 Å². The minimum atomic E-state index is -0.522. The Balaban J connectivity index is 2.71. The number of likely N-dealkylation sites (N-methyl/N-ethyl adjacent to an activating group) is 1. The maximum absolute atomic E-state index is 9.68. The van der Waals surface area contributed by atoms with E-state index < -0.39 is 6.10 Å². The normalized spacial score (nSPS) is 13.2. The first-order valence-electron chi connectivity index (χ1n) is 4.14. The molecular weight excluding hydrogens is 164 g/mol. The molecule has 1 radical (unpaired) electrons. The van der Waals surface area contributed by atoms with Crippen molar-refractivity contribution in [2.24, 2.45) is 0 Å². The average molecular weight is 179 g/mol. The van der Waals surface area contributed by atoms with Crippen LogP contribution in [0.1, 0.15) is 11.7 Å². The van der Waals surface area contributed by atoms with Crippen molar-refractivity contribution in [3.63, 3.8) is 0 Å². The fourth-order valence-corrected chi connectivity index (χ4v) is 1.17. The van der Waals surface area contributed by atoms with Crippen molar-refractivity contribution in [1.29, 1.82) is 0 Å². The number of nitrogens with two attached hydrogens (primary N) is 1. The second-order valence-corrected chi connectivity index (χ2v) is 3.22. The first-order chi connectivity index (χ1) is 6.09. The Morgan fingerprint density at radius 2 is 2.31 bits per heavy atom. The highest BCUT2D eigenvalue weighted by Gasteiger charge is 2.07. The second kappa shape index (κ2) is 4.25. The zero-order chi connectivity index (χ0) is 9.84. The van der Waals surface area contributed by atoms with Gasteiger partial charge in [0.15, 0.2) is 0 Å². The molecular formula is C10H15N2O. The summed E-state index contributed by atoms with van der Waals surface area (Å²) in [5.41, 5.74) is 7.09. The molecule has 0 aliphatic carbocycles. The van der Waals surface area contributed by atoms with E-state index in [2.05, 4.69) is 7.05 Å². The van der Waals surface area contributed by atoms with Crippen LogP contribution in [0.5, 0.6) is 0 Å². The number of aliphatic hydroxyl groups excluding tert-OH is 1. The Labute approximate surface area is 78.8 Å². The monoisotopic (exact) mass is 179 g/mol. The van der Waals surface area contributed by atoms with Gasteiger partial charge in [0.05, 0.1) is 6.10 Å². The van der Waals surface area contributed by atoms with Gasteiger partial charge in [0, 0.05) is 19.3 Å². The van der Waals surface area contributed by atoms with Gasteiger partial charge in [-0.2, -0.15) is 0 Å². The van der Waals surface area contributed by atoms with Gasteiger partial charge < -0.3 is 15.7 Å².